The lowest BCUT2D eigenvalue weighted by Gasteiger charge is -2.35. The number of aromatic nitrogens is 2. The van der Waals surface area contributed by atoms with Gasteiger partial charge in [-0.3, -0.25) is 0 Å². The maximum atomic E-state index is 12.2. The first kappa shape index (κ1) is 15.2. The zero-order valence-electron chi connectivity index (χ0n) is 12.7. The average Bonchev–Trinajstić information content (AvgIpc) is 3.15. The minimum atomic E-state index is -3.23. The van der Waals surface area contributed by atoms with Crippen molar-refractivity contribution in [2.75, 3.05) is 5.75 Å². The fourth-order valence-electron chi connectivity index (χ4n) is 3.43. The molecular weight excluding hydrogens is 330 g/mol. The fourth-order valence-corrected chi connectivity index (χ4v) is 5.64. The molecule has 1 aromatic heterocycles. The highest BCUT2D eigenvalue weighted by molar-refractivity contribution is 7.89. The number of benzene rings is 1. The van der Waals surface area contributed by atoms with E-state index in [0.29, 0.717) is 16.3 Å². The van der Waals surface area contributed by atoms with Gasteiger partial charge in [0, 0.05) is 5.56 Å². The molecule has 122 valence electrons. The van der Waals surface area contributed by atoms with Gasteiger partial charge >= 0.3 is 0 Å². The Bertz CT molecular complexity index is 790. The number of nitrogens with one attached hydrogen (secondary N) is 1. The summed E-state index contributed by atoms with van der Waals surface area (Å²) in [5.74, 6) is 0.586. The van der Waals surface area contributed by atoms with E-state index in [2.05, 4.69) is 14.9 Å². The van der Waals surface area contributed by atoms with E-state index < -0.39 is 10.0 Å². The summed E-state index contributed by atoms with van der Waals surface area (Å²) in [5, 5.41) is 9.73. The molecule has 2 saturated carbocycles. The lowest BCUT2D eigenvalue weighted by molar-refractivity contribution is 0.189. The van der Waals surface area contributed by atoms with Crippen LogP contribution in [0.2, 0.25) is 0 Å². The van der Waals surface area contributed by atoms with E-state index in [9.17, 15) is 8.42 Å². The molecule has 0 atom stereocenters. The van der Waals surface area contributed by atoms with Crippen molar-refractivity contribution in [2.45, 2.75) is 32.2 Å². The maximum Gasteiger partial charge on any atom is 0.212 e. The zero-order valence-corrected chi connectivity index (χ0v) is 14.4. The van der Waals surface area contributed by atoms with Crippen molar-refractivity contribution in [1.29, 1.82) is 0 Å². The standard InChI is InChI=1S/C16H19N3O2S2/c20-23(21,11-12-8-16(9-12)6-7-16)17-10-14-18-19-15(22-14)13-4-2-1-3-5-13/h1-5,12,17H,6-11H2. The molecule has 0 unspecified atom stereocenters. The van der Waals surface area contributed by atoms with E-state index in [1.807, 2.05) is 30.3 Å². The molecule has 0 amide bonds. The van der Waals surface area contributed by atoms with Gasteiger partial charge in [-0.15, -0.1) is 10.2 Å². The molecule has 4 rings (SSSR count). The Morgan fingerprint density at radius 1 is 1.17 bits per heavy atom. The quantitative estimate of drug-likeness (QED) is 0.870. The normalized spacial score (nSPS) is 19.7. The molecule has 1 spiro atoms. The van der Waals surface area contributed by atoms with Crippen LogP contribution >= 0.6 is 11.3 Å². The molecule has 1 heterocycles. The first-order chi connectivity index (χ1) is 11.0. The third-order valence-corrected chi connectivity index (χ3v) is 7.25. The van der Waals surface area contributed by atoms with Crippen molar-refractivity contribution in [2.24, 2.45) is 11.3 Å². The molecule has 2 aliphatic rings. The summed E-state index contributed by atoms with van der Waals surface area (Å²) in [6.07, 6.45) is 4.77. The van der Waals surface area contributed by atoms with Gasteiger partial charge in [0.05, 0.1) is 12.3 Å². The van der Waals surface area contributed by atoms with Crippen molar-refractivity contribution in [3.8, 4) is 10.6 Å². The Kier molecular flexibility index (Phi) is 3.74. The predicted molar refractivity (Wildman–Crippen MR) is 90.4 cm³/mol. The van der Waals surface area contributed by atoms with E-state index >= 15 is 0 Å². The molecule has 0 bridgehead atoms. The van der Waals surface area contributed by atoms with Crippen LogP contribution in [0.1, 0.15) is 30.7 Å². The Balaban J connectivity index is 1.32. The minimum Gasteiger partial charge on any atom is -0.212 e. The summed E-state index contributed by atoms with van der Waals surface area (Å²) in [6, 6.07) is 9.79. The van der Waals surface area contributed by atoms with Gasteiger partial charge < -0.3 is 0 Å². The van der Waals surface area contributed by atoms with E-state index in [0.717, 1.165) is 23.4 Å². The number of hydrogen-bond acceptors (Lipinski definition) is 5. The number of hydrogen-bond donors (Lipinski definition) is 1. The van der Waals surface area contributed by atoms with Gasteiger partial charge in [-0.25, -0.2) is 13.1 Å². The van der Waals surface area contributed by atoms with Crippen molar-refractivity contribution < 1.29 is 8.42 Å². The summed E-state index contributed by atoms with van der Waals surface area (Å²) in [6.45, 7) is 0.227. The van der Waals surface area contributed by atoms with Crippen LogP contribution in [0.5, 0.6) is 0 Å². The van der Waals surface area contributed by atoms with Crippen LogP contribution in [0.3, 0.4) is 0 Å². The topological polar surface area (TPSA) is 72.0 Å². The SMILES string of the molecule is O=S(=O)(CC1CC2(CC2)C1)NCc1nnc(-c2ccccc2)s1. The zero-order chi connectivity index (χ0) is 15.9. The predicted octanol–water partition coefficient (Wildman–Crippen LogP) is 2.81. The van der Waals surface area contributed by atoms with Crippen LogP contribution < -0.4 is 4.72 Å². The third-order valence-electron chi connectivity index (χ3n) is 4.79. The highest BCUT2D eigenvalue weighted by Gasteiger charge is 2.53. The van der Waals surface area contributed by atoms with E-state index in [1.165, 1.54) is 24.2 Å². The van der Waals surface area contributed by atoms with Gasteiger partial charge in [-0.1, -0.05) is 41.7 Å². The molecule has 0 radical (unpaired) electrons. The monoisotopic (exact) mass is 349 g/mol. The smallest absolute Gasteiger partial charge is 0.212 e. The van der Waals surface area contributed by atoms with Crippen molar-refractivity contribution in [3.63, 3.8) is 0 Å². The second-order valence-electron chi connectivity index (χ2n) is 6.74. The van der Waals surface area contributed by atoms with Crippen LogP contribution in [-0.2, 0) is 16.6 Å². The van der Waals surface area contributed by atoms with E-state index in [-0.39, 0.29) is 12.3 Å². The first-order valence-corrected chi connectivity index (χ1v) is 10.4. The number of nitrogens with zero attached hydrogens (tertiary/aromatic N) is 2. The van der Waals surface area contributed by atoms with Gasteiger partial charge in [-0.2, -0.15) is 0 Å². The van der Waals surface area contributed by atoms with Crippen LogP contribution in [0.15, 0.2) is 30.3 Å². The van der Waals surface area contributed by atoms with Gasteiger partial charge in [-0.05, 0) is 37.0 Å². The highest BCUT2D eigenvalue weighted by atomic mass is 32.2. The molecule has 23 heavy (non-hydrogen) atoms. The molecule has 0 saturated heterocycles. The van der Waals surface area contributed by atoms with Crippen molar-refractivity contribution >= 4 is 21.4 Å². The van der Waals surface area contributed by atoms with E-state index in [1.54, 1.807) is 0 Å². The molecule has 2 fully saturated rings. The van der Waals surface area contributed by atoms with Crippen LogP contribution in [0.25, 0.3) is 10.6 Å². The summed E-state index contributed by atoms with van der Waals surface area (Å²) in [4.78, 5) is 0. The maximum absolute atomic E-state index is 12.2. The van der Waals surface area contributed by atoms with Crippen LogP contribution in [0, 0.1) is 11.3 Å². The van der Waals surface area contributed by atoms with Gasteiger partial charge in [0.1, 0.15) is 10.0 Å². The van der Waals surface area contributed by atoms with Crippen LogP contribution in [-0.4, -0.2) is 24.4 Å². The largest absolute Gasteiger partial charge is 0.212 e. The molecule has 5 nitrogen and oxygen atoms in total. The summed E-state index contributed by atoms with van der Waals surface area (Å²) < 4.78 is 27.0. The Labute approximate surface area is 140 Å². The van der Waals surface area contributed by atoms with Crippen LogP contribution in [0.4, 0.5) is 0 Å². The van der Waals surface area contributed by atoms with E-state index in [4.69, 9.17) is 0 Å². The first-order valence-electron chi connectivity index (χ1n) is 7.89. The van der Waals surface area contributed by atoms with Gasteiger partial charge in [0.15, 0.2) is 0 Å². The molecule has 1 aromatic carbocycles. The van der Waals surface area contributed by atoms with Crippen molar-refractivity contribution in [3.05, 3.63) is 35.3 Å². The molecule has 2 aromatic rings. The lowest BCUT2D eigenvalue weighted by Crippen LogP contribution is -2.36. The van der Waals surface area contributed by atoms with Crippen molar-refractivity contribution in [1.82, 2.24) is 14.9 Å². The summed E-state index contributed by atoms with van der Waals surface area (Å²) >= 11 is 1.43. The lowest BCUT2D eigenvalue weighted by atomic mass is 9.73. The second-order valence-corrected chi connectivity index (χ2v) is 9.66. The molecule has 2 aliphatic carbocycles. The minimum absolute atomic E-state index is 0.227. The molecule has 7 heteroatoms. The number of rotatable bonds is 6. The molecular formula is C16H19N3O2S2. The molecule has 1 N–H and O–H groups in total. The molecule has 0 aliphatic heterocycles. The third kappa shape index (κ3) is 3.46. The Hall–Kier alpha value is -1.31. The highest BCUT2D eigenvalue weighted by Crippen LogP contribution is 2.63. The Morgan fingerprint density at radius 2 is 1.91 bits per heavy atom. The Morgan fingerprint density at radius 3 is 2.61 bits per heavy atom. The summed E-state index contributed by atoms with van der Waals surface area (Å²) in [5.41, 5.74) is 1.55. The fraction of sp³-hybridized carbons (Fsp3) is 0.500. The van der Waals surface area contributed by atoms with Gasteiger partial charge in [0.2, 0.25) is 10.0 Å². The average molecular weight is 349 g/mol. The van der Waals surface area contributed by atoms with Gasteiger partial charge in [0.25, 0.3) is 0 Å². The second kappa shape index (κ2) is 5.65. The number of sulfonamides is 1. The summed E-state index contributed by atoms with van der Waals surface area (Å²) in [7, 11) is -3.23.